The Hall–Kier alpha value is -3.64. The topological polar surface area (TPSA) is 72.9 Å². The van der Waals surface area contributed by atoms with Crippen LogP contribution in [-0.2, 0) is 13.0 Å². The van der Waals surface area contributed by atoms with Crippen LogP contribution in [0.5, 0.6) is 0 Å². The molecule has 1 aliphatic heterocycles. The number of aliphatic hydroxyl groups excluding tert-OH is 1. The summed E-state index contributed by atoms with van der Waals surface area (Å²) in [4.78, 5) is 29.4. The number of aliphatic hydroxyl groups is 1. The van der Waals surface area contributed by atoms with Crippen LogP contribution in [0.15, 0.2) is 72.8 Å². The Balaban J connectivity index is 1.40. The van der Waals surface area contributed by atoms with Gasteiger partial charge in [-0.3, -0.25) is 9.69 Å². The molecule has 0 unspecified atom stereocenters. The fourth-order valence-electron chi connectivity index (χ4n) is 4.08. The van der Waals surface area contributed by atoms with Crippen LogP contribution in [0.1, 0.15) is 33.5 Å². The van der Waals surface area contributed by atoms with Crippen LogP contribution in [0, 0.1) is 6.92 Å². The second-order valence-electron chi connectivity index (χ2n) is 8.37. The molecule has 4 rings (SSSR count). The number of hydrogen-bond donors (Lipinski definition) is 2. The predicted molar refractivity (Wildman–Crippen MR) is 131 cm³/mol. The monoisotopic (exact) mass is 443 g/mol. The van der Waals surface area contributed by atoms with Gasteiger partial charge in [-0.15, -0.1) is 0 Å². The first-order valence-corrected chi connectivity index (χ1v) is 11.3. The summed E-state index contributed by atoms with van der Waals surface area (Å²) in [7, 11) is 0. The second kappa shape index (κ2) is 10.3. The van der Waals surface area contributed by atoms with Crippen LogP contribution >= 0.6 is 0 Å². The summed E-state index contributed by atoms with van der Waals surface area (Å²) in [5, 5.41) is 11.9. The summed E-state index contributed by atoms with van der Waals surface area (Å²) in [6.07, 6.45) is 1.49. The highest BCUT2D eigenvalue weighted by Gasteiger charge is 2.27. The van der Waals surface area contributed by atoms with Gasteiger partial charge in [-0.1, -0.05) is 42.0 Å². The summed E-state index contributed by atoms with van der Waals surface area (Å²) in [6.45, 7) is 4.14. The lowest BCUT2D eigenvalue weighted by atomic mass is 10.1. The van der Waals surface area contributed by atoms with E-state index in [0.717, 1.165) is 29.8 Å². The lowest BCUT2D eigenvalue weighted by molar-refractivity contribution is 0.102. The van der Waals surface area contributed by atoms with E-state index in [0.29, 0.717) is 30.8 Å². The minimum atomic E-state index is -0.206. The second-order valence-corrected chi connectivity index (χ2v) is 8.37. The van der Waals surface area contributed by atoms with Gasteiger partial charge in [-0.2, -0.15) is 0 Å². The molecule has 1 aliphatic rings. The third-order valence-corrected chi connectivity index (χ3v) is 5.82. The van der Waals surface area contributed by atoms with Crippen molar-refractivity contribution in [1.82, 2.24) is 4.90 Å². The van der Waals surface area contributed by atoms with Crippen molar-refractivity contribution in [1.29, 1.82) is 0 Å². The van der Waals surface area contributed by atoms with Gasteiger partial charge in [0, 0.05) is 43.2 Å². The van der Waals surface area contributed by atoms with Gasteiger partial charge in [0.1, 0.15) is 0 Å². The van der Waals surface area contributed by atoms with Gasteiger partial charge in [-0.05, 0) is 67.3 Å². The SMILES string of the molecule is Cc1cccc(CN2CCCN(c3ccc(C(=O)Nc4ccc(CCO)cc4)cc3)C2=O)c1. The largest absolute Gasteiger partial charge is 0.396 e. The minimum Gasteiger partial charge on any atom is -0.396 e. The molecule has 0 atom stereocenters. The Bertz CT molecular complexity index is 1110. The highest BCUT2D eigenvalue weighted by molar-refractivity contribution is 6.04. The van der Waals surface area contributed by atoms with Gasteiger partial charge in [0.2, 0.25) is 0 Å². The maximum absolute atomic E-state index is 13.1. The van der Waals surface area contributed by atoms with Crippen molar-refractivity contribution in [2.75, 3.05) is 29.9 Å². The molecular weight excluding hydrogens is 414 g/mol. The Morgan fingerprint density at radius 2 is 1.73 bits per heavy atom. The normalized spacial score (nSPS) is 13.8. The number of amides is 3. The van der Waals surface area contributed by atoms with Crippen LogP contribution in [0.2, 0.25) is 0 Å². The Morgan fingerprint density at radius 1 is 0.970 bits per heavy atom. The molecular formula is C27H29N3O3. The zero-order valence-electron chi connectivity index (χ0n) is 18.8. The lowest BCUT2D eigenvalue weighted by Crippen LogP contribution is -2.49. The van der Waals surface area contributed by atoms with E-state index in [2.05, 4.69) is 24.4 Å². The number of aryl methyl sites for hydroxylation is 1. The predicted octanol–water partition coefficient (Wildman–Crippen LogP) is 4.61. The summed E-state index contributed by atoms with van der Waals surface area (Å²) in [6, 6.07) is 22.8. The quantitative estimate of drug-likeness (QED) is 0.560. The Labute approximate surface area is 194 Å². The van der Waals surface area contributed by atoms with Gasteiger partial charge < -0.3 is 15.3 Å². The van der Waals surface area contributed by atoms with Crippen molar-refractivity contribution in [3.8, 4) is 0 Å². The molecule has 2 N–H and O–H groups in total. The number of benzene rings is 3. The Morgan fingerprint density at radius 3 is 2.42 bits per heavy atom. The average Bonchev–Trinajstić information content (AvgIpc) is 2.82. The van der Waals surface area contributed by atoms with E-state index in [-0.39, 0.29) is 18.5 Å². The van der Waals surface area contributed by atoms with E-state index < -0.39 is 0 Å². The van der Waals surface area contributed by atoms with Crippen LogP contribution in [0.25, 0.3) is 0 Å². The molecule has 3 aromatic rings. The van der Waals surface area contributed by atoms with Crippen molar-refractivity contribution in [2.45, 2.75) is 26.3 Å². The smallest absolute Gasteiger partial charge is 0.324 e. The maximum Gasteiger partial charge on any atom is 0.324 e. The molecule has 0 saturated carbocycles. The van der Waals surface area contributed by atoms with Gasteiger partial charge in [-0.25, -0.2) is 4.79 Å². The fourth-order valence-corrected chi connectivity index (χ4v) is 4.08. The van der Waals surface area contributed by atoms with E-state index in [4.69, 9.17) is 5.11 Å². The molecule has 0 aromatic heterocycles. The fraction of sp³-hybridized carbons (Fsp3) is 0.259. The molecule has 170 valence electrons. The van der Waals surface area contributed by atoms with E-state index >= 15 is 0 Å². The summed E-state index contributed by atoms with van der Waals surface area (Å²) >= 11 is 0. The zero-order chi connectivity index (χ0) is 23.2. The average molecular weight is 444 g/mol. The van der Waals surface area contributed by atoms with E-state index in [1.807, 2.05) is 53.4 Å². The van der Waals surface area contributed by atoms with Crippen LogP contribution in [0.4, 0.5) is 16.2 Å². The molecule has 6 heteroatoms. The summed E-state index contributed by atoms with van der Waals surface area (Å²) in [5.41, 5.74) is 5.34. The van der Waals surface area contributed by atoms with Crippen LogP contribution in [-0.4, -0.2) is 41.6 Å². The van der Waals surface area contributed by atoms with Crippen molar-refractivity contribution in [2.24, 2.45) is 0 Å². The molecule has 6 nitrogen and oxygen atoms in total. The molecule has 33 heavy (non-hydrogen) atoms. The molecule has 1 fully saturated rings. The number of nitrogens with zero attached hydrogens (tertiary/aromatic N) is 2. The molecule has 0 radical (unpaired) electrons. The van der Waals surface area contributed by atoms with Crippen molar-refractivity contribution >= 4 is 23.3 Å². The van der Waals surface area contributed by atoms with Crippen molar-refractivity contribution in [3.05, 3.63) is 95.1 Å². The summed E-state index contributed by atoms with van der Waals surface area (Å²) < 4.78 is 0. The highest BCUT2D eigenvalue weighted by atomic mass is 16.3. The third-order valence-electron chi connectivity index (χ3n) is 5.82. The molecule has 1 saturated heterocycles. The number of hydrogen-bond acceptors (Lipinski definition) is 3. The van der Waals surface area contributed by atoms with E-state index in [1.54, 1.807) is 17.0 Å². The Kier molecular flexibility index (Phi) is 7.05. The lowest BCUT2D eigenvalue weighted by Gasteiger charge is -2.35. The van der Waals surface area contributed by atoms with Crippen LogP contribution in [0.3, 0.4) is 0 Å². The number of carbonyl (C=O) groups is 2. The van der Waals surface area contributed by atoms with Gasteiger partial charge in [0.15, 0.2) is 0 Å². The summed E-state index contributed by atoms with van der Waals surface area (Å²) in [5.74, 6) is -0.206. The van der Waals surface area contributed by atoms with Gasteiger partial charge in [0.25, 0.3) is 5.91 Å². The van der Waals surface area contributed by atoms with Gasteiger partial charge in [0.05, 0.1) is 0 Å². The van der Waals surface area contributed by atoms with Crippen molar-refractivity contribution in [3.63, 3.8) is 0 Å². The van der Waals surface area contributed by atoms with Crippen molar-refractivity contribution < 1.29 is 14.7 Å². The standard InChI is InChI=1S/C27H29N3O3/c1-20-4-2-5-22(18-20)19-29-15-3-16-30(27(29)33)25-12-8-23(9-13-25)26(32)28-24-10-6-21(7-11-24)14-17-31/h2,4-13,18,31H,3,14-17,19H2,1H3,(H,28,32). The van der Waals surface area contributed by atoms with E-state index in [9.17, 15) is 9.59 Å². The molecule has 1 heterocycles. The number of urea groups is 1. The number of anilines is 2. The number of rotatable bonds is 7. The number of nitrogens with one attached hydrogen (secondary N) is 1. The van der Waals surface area contributed by atoms with Gasteiger partial charge >= 0.3 is 6.03 Å². The zero-order valence-corrected chi connectivity index (χ0v) is 18.8. The first-order chi connectivity index (χ1) is 16.0. The molecule has 0 spiro atoms. The third kappa shape index (κ3) is 5.59. The highest BCUT2D eigenvalue weighted by Crippen LogP contribution is 2.23. The molecule has 3 aromatic carbocycles. The van der Waals surface area contributed by atoms with E-state index in [1.165, 1.54) is 5.56 Å². The minimum absolute atomic E-state index is 0.0112. The maximum atomic E-state index is 13.1. The molecule has 0 bridgehead atoms. The first kappa shape index (κ1) is 22.6. The number of carbonyl (C=O) groups excluding carboxylic acids is 2. The first-order valence-electron chi connectivity index (χ1n) is 11.3. The molecule has 0 aliphatic carbocycles. The molecule has 3 amide bonds. The van der Waals surface area contributed by atoms with Crippen LogP contribution < -0.4 is 10.2 Å².